The number of methoxy groups -OCH3 is 1. The summed E-state index contributed by atoms with van der Waals surface area (Å²) in [6.45, 7) is 2.65. The third-order valence-electron chi connectivity index (χ3n) is 2.43. The number of hydrogen-bond donors (Lipinski definition) is 1. The van der Waals surface area contributed by atoms with Crippen molar-refractivity contribution in [2.45, 2.75) is 12.5 Å². The zero-order valence-corrected chi connectivity index (χ0v) is 8.08. The Kier molecular flexibility index (Phi) is 2.33. The first kappa shape index (κ1) is 8.72. The molecule has 0 aromatic carbocycles. The summed E-state index contributed by atoms with van der Waals surface area (Å²) >= 11 is 0. The first-order valence-electron chi connectivity index (χ1n) is 4.53. The number of aromatic nitrogens is 2. The monoisotopic (exact) mass is 181 g/mol. The lowest BCUT2D eigenvalue weighted by Crippen LogP contribution is -2.29. The van der Waals surface area contributed by atoms with E-state index >= 15 is 0 Å². The molecule has 0 saturated carbocycles. The first-order valence-corrected chi connectivity index (χ1v) is 4.53. The van der Waals surface area contributed by atoms with Crippen LogP contribution in [0.3, 0.4) is 0 Å². The second-order valence-corrected chi connectivity index (χ2v) is 3.49. The van der Waals surface area contributed by atoms with Crippen molar-refractivity contribution in [3.63, 3.8) is 0 Å². The van der Waals surface area contributed by atoms with Crippen molar-refractivity contribution in [1.82, 2.24) is 15.1 Å². The molecule has 1 atom stereocenters. The highest BCUT2D eigenvalue weighted by molar-refractivity contribution is 5.25. The van der Waals surface area contributed by atoms with E-state index in [1.807, 2.05) is 11.7 Å². The van der Waals surface area contributed by atoms with Crippen LogP contribution in [0.4, 0.5) is 0 Å². The summed E-state index contributed by atoms with van der Waals surface area (Å²) in [6.07, 6.45) is 2.10. The van der Waals surface area contributed by atoms with Gasteiger partial charge < -0.3 is 10.1 Å². The molecule has 2 heterocycles. The van der Waals surface area contributed by atoms with Crippen molar-refractivity contribution in [2.24, 2.45) is 7.05 Å². The molecule has 72 valence electrons. The summed E-state index contributed by atoms with van der Waals surface area (Å²) in [6, 6.07) is 0. The number of hydrogen-bond acceptors (Lipinski definition) is 3. The summed E-state index contributed by atoms with van der Waals surface area (Å²) in [7, 11) is 3.70. The van der Waals surface area contributed by atoms with Gasteiger partial charge in [-0.15, -0.1) is 0 Å². The van der Waals surface area contributed by atoms with Gasteiger partial charge in [0.2, 0.25) is 0 Å². The van der Waals surface area contributed by atoms with Gasteiger partial charge in [0.15, 0.2) is 0 Å². The molecule has 1 aromatic heterocycles. The van der Waals surface area contributed by atoms with E-state index in [4.69, 9.17) is 4.74 Å². The van der Waals surface area contributed by atoms with Gasteiger partial charge in [0.25, 0.3) is 0 Å². The van der Waals surface area contributed by atoms with E-state index in [9.17, 15) is 0 Å². The van der Waals surface area contributed by atoms with Crippen LogP contribution in [0.25, 0.3) is 0 Å². The molecule has 1 aliphatic heterocycles. The standard InChI is InChI=1S/C9H15N3O/c1-12-5-8-7(6-13-2)3-10-4-9(8)11-12/h5,7,10H,3-4,6H2,1-2H3/t7-/m1/s1. The van der Waals surface area contributed by atoms with Crippen molar-refractivity contribution in [2.75, 3.05) is 20.3 Å². The Bertz CT molecular complexity index is 295. The fourth-order valence-electron chi connectivity index (χ4n) is 1.86. The molecule has 0 radical (unpaired) electrons. The molecule has 4 nitrogen and oxygen atoms in total. The molecule has 0 unspecified atom stereocenters. The van der Waals surface area contributed by atoms with E-state index in [-0.39, 0.29) is 0 Å². The van der Waals surface area contributed by atoms with Crippen molar-refractivity contribution in [3.8, 4) is 0 Å². The lowest BCUT2D eigenvalue weighted by Gasteiger charge is -2.21. The van der Waals surface area contributed by atoms with Crippen LogP contribution < -0.4 is 5.32 Å². The predicted molar refractivity (Wildman–Crippen MR) is 49.5 cm³/mol. The Hall–Kier alpha value is -0.870. The molecule has 0 spiro atoms. The molecule has 13 heavy (non-hydrogen) atoms. The maximum Gasteiger partial charge on any atom is 0.0798 e. The van der Waals surface area contributed by atoms with Crippen LogP contribution in [-0.2, 0) is 18.3 Å². The van der Waals surface area contributed by atoms with Gasteiger partial charge >= 0.3 is 0 Å². The van der Waals surface area contributed by atoms with Gasteiger partial charge in [-0.25, -0.2) is 0 Å². The molecule has 1 aliphatic rings. The first-order chi connectivity index (χ1) is 6.31. The summed E-state index contributed by atoms with van der Waals surface area (Å²) in [5, 5.41) is 7.72. The van der Waals surface area contributed by atoms with Crippen molar-refractivity contribution < 1.29 is 4.74 Å². The number of nitrogens with one attached hydrogen (secondary N) is 1. The number of fused-ring (bicyclic) bond motifs is 1. The third kappa shape index (κ3) is 1.59. The van der Waals surface area contributed by atoms with Crippen LogP contribution >= 0.6 is 0 Å². The molecule has 2 rings (SSSR count). The van der Waals surface area contributed by atoms with E-state index in [0.29, 0.717) is 5.92 Å². The average molecular weight is 181 g/mol. The highest BCUT2D eigenvalue weighted by atomic mass is 16.5. The fraction of sp³-hybridized carbons (Fsp3) is 0.667. The average Bonchev–Trinajstić information content (AvgIpc) is 2.47. The van der Waals surface area contributed by atoms with Crippen molar-refractivity contribution >= 4 is 0 Å². The van der Waals surface area contributed by atoms with Crippen LogP contribution in [0.15, 0.2) is 6.20 Å². The number of ether oxygens (including phenoxy) is 1. The van der Waals surface area contributed by atoms with Crippen molar-refractivity contribution in [3.05, 3.63) is 17.5 Å². The van der Waals surface area contributed by atoms with E-state index < -0.39 is 0 Å². The molecule has 0 bridgehead atoms. The third-order valence-corrected chi connectivity index (χ3v) is 2.43. The smallest absolute Gasteiger partial charge is 0.0798 e. The van der Waals surface area contributed by atoms with Gasteiger partial charge in [-0.05, 0) is 0 Å². The SMILES string of the molecule is COC[C@H]1CNCc2nn(C)cc21. The van der Waals surface area contributed by atoms with E-state index in [2.05, 4.69) is 16.6 Å². The van der Waals surface area contributed by atoms with Crippen LogP contribution in [0.5, 0.6) is 0 Å². The largest absolute Gasteiger partial charge is 0.384 e. The summed E-state index contributed by atoms with van der Waals surface area (Å²) in [5.41, 5.74) is 2.50. The second kappa shape index (κ2) is 3.47. The van der Waals surface area contributed by atoms with Gasteiger partial charge in [-0.1, -0.05) is 0 Å². The summed E-state index contributed by atoms with van der Waals surface area (Å²) in [5.74, 6) is 0.461. The van der Waals surface area contributed by atoms with Crippen LogP contribution in [-0.4, -0.2) is 30.0 Å². The lowest BCUT2D eigenvalue weighted by molar-refractivity contribution is 0.175. The van der Waals surface area contributed by atoms with Crippen LogP contribution in [0.2, 0.25) is 0 Å². The zero-order valence-electron chi connectivity index (χ0n) is 8.08. The van der Waals surface area contributed by atoms with Gasteiger partial charge in [0.1, 0.15) is 0 Å². The fourth-order valence-corrected chi connectivity index (χ4v) is 1.86. The van der Waals surface area contributed by atoms with Gasteiger partial charge in [0, 0.05) is 44.9 Å². The minimum Gasteiger partial charge on any atom is -0.384 e. The van der Waals surface area contributed by atoms with Crippen LogP contribution in [0.1, 0.15) is 17.2 Å². The Labute approximate surface area is 77.9 Å². The Balaban J connectivity index is 2.25. The molecule has 0 fully saturated rings. The predicted octanol–water partition coefficient (Wildman–Crippen LogP) is 0.253. The Morgan fingerprint density at radius 2 is 2.62 bits per heavy atom. The van der Waals surface area contributed by atoms with Gasteiger partial charge in [0.05, 0.1) is 12.3 Å². The summed E-state index contributed by atoms with van der Waals surface area (Å²) in [4.78, 5) is 0. The Morgan fingerprint density at radius 3 is 3.38 bits per heavy atom. The molecule has 0 amide bonds. The second-order valence-electron chi connectivity index (χ2n) is 3.49. The maximum absolute atomic E-state index is 5.17. The van der Waals surface area contributed by atoms with E-state index in [1.165, 1.54) is 5.56 Å². The molecule has 0 aliphatic carbocycles. The summed E-state index contributed by atoms with van der Waals surface area (Å²) < 4.78 is 7.05. The minimum atomic E-state index is 0.461. The Morgan fingerprint density at radius 1 is 1.77 bits per heavy atom. The quantitative estimate of drug-likeness (QED) is 0.711. The maximum atomic E-state index is 5.17. The van der Waals surface area contributed by atoms with Crippen LogP contribution in [0, 0.1) is 0 Å². The lowest BCUT2D eigenvalue weighted by atomic mass is 9.97. The molecular formula is C9H15N3O. The number of rotatable bonds is 2. The van der Waals surface area contributed by atoms with E-state index in [0.717, 1.165) is 25.4 Å². The van der Waals surface area contributed by atoms with Gasteiger partial charge in [-0.2, -0.15) is 5.10 Å². The number of aryl methyl sites for hydroxylation is 1. The minimum absolute atomic E-state index is 0.461. The molecule has 1 N–H and O–H groups in total. The zero-order chi connectivity index (χ0) is 9.26. The highest BCUT2D eigenvalue weighted by Gasteiger charge is 2.22. The topological polar surface area (TPSA) is 39.1 Å². The van der Waals surface area contributed by atoms with Crippen molar-refractivity contribution in [1.29, 1.82) is 0 Å². The normalized spacial score (nSPS) is 21.5. The molecular weight excluding hydrogens is 166 g/mol. The van der Waals surface area contributed by atoms with E-state index in [1.54, 1.807) is 7.11 Å². The highest BCUT2D eigenvalue weighted by Crippen LogP contribution is 2.22. The van der Waals surface area contributed by atoms with Gasteiger partial charge in [-0.3, -0.25) is 4.68 Å². The molecule has 1 aromatic rings. The molecule has 4 heteroatoms. The molecule has 0 saturated heterocycles. The number of nitrogens with zero attached hydrogens (tertiary/aromatic N) is 2.